The number of aromatic nitrogens is 1. The van der Waals surface area contributed by atoms with E-state index in [1.807, 2.05) is 6.20 Å². The molecule has 1 aromatic heterocycles. The van der Waals surface area contributed by atoms with E-state index in [9.17, 15) is 0 Å². The number of hydrogen-bond acceptors (Lipinski definition) is 3. The molecule has 0 aliphatic heterocycles. The Morgan fingerprint density at radius 1 is 1.19 bits per heavy atom. The van der Waals surface area contributed by atoms with Gasteiger partial charge in [0, 0.05) is 30.1 Å². The first-order valence-electron chi connectivity index (χ1n) is 8.77. The van der Waals surface area contributed by atoms with Crippen LogP contribution in [0.2, 0.25) is 0 Å². The third kappa shape index (κ3) is 2.57. The van der Waals surface area contributed by atoms with Gasteiger partial charge in [-0.2, -0.15) is 0 Å². The topological polar surface area (TPSA) is 24.9 Å². The fourth-order valence-electron chi connectivity index (χ4n) is 5.84. The van der Waals surface area contributed by atoms with Crippen molar-refractivity contribution in [2.75, 3.05) is 6.54 Å². The Morgan fingerprint density at radius 3 is 2.33 bits per heavy atom. The molecule has 4 bridgehead atoms. The first-order valence-corrected chi connectivity index (χ1v) is 9.65. The maximum atomic E-state index is 4.46. The van der Waals surface area contributed by atoms with E-state index in [0.717, 1.165) is 24.3 Å². The van der Waals surface area contributed by atoms with Crippen molar-refractivity contribution in [2.45, 2.75) is 64.3 Å². The minimum Gasteiger partial charge on any atom is -0.313 e. The van der Waals surface area contributed by atoms with Crippen molar-refractivity contribution in [1.82, 2.24) is 10.3 Å². The second-order valence-corrected chi connectivity index (χ2v) is 9.11. The van der Waals surface area contributed by atoms with E-state index in [1.165, 1.54) is 24.3 Å². The summed E-state index contributed by atoms with van der Waals surface area (Å²) >= 11 is 1.79. The Hall–Kier alpha value is -0.410. The van der Waals surface area contributed by atoms with E-state index in [0.29, 0.717) is 17.4 Å². The monoisotopic (exact) mass is 304 g/mol. The molecule has 2 nitrogen and oxygen atoms in total. The fraction of sp³-hybridized carbons (Fsp3) is 0.833. The third-order valence-corrected chi connectivity index (χ3v) is 7.61. The van der Waals surface area contributed by atoms with Crippen molar-refractivity contribution < 1.29 is 0 Å². The summed E-state index contributed by atoms with van der Waals surface area (Å²) in [6.07, 6.45) is 11.1. The van der Waals surface area contributed by atoms with Crippen LogP contribution in [0.4, 0.5) is 0 Å². The maximum absolute atomic E-state index is 4.46. The van der Waals surface area contributed by atoms with Crippen molar-refractivity contribution in [3.63, 3.8) is 0 Å². The van der Waals surface area contributed by atoms with Gasteiger partial charge in [-0.25, -0.2) is 4.98 Å². The normalized spacial score (nSPS) is 40.4. The zero-order valence-corrected chi connectivity index (χ0v) is 14.2. The Balaban J connectivity index is 1.40. The van der Waals surface area contributed by atoms with E-state index in [4.69, 9.17) is 0 Å². The van der Waals surface area contributed by atoms with E-state index in [-0.39, 0.29) is 0 Å². The predicted molar refractivity (Wildman–Crippen MR) is 88.6 cm³/mol. The summed E-state index contributed by atoms with van der Waals surface area (Å²) < 4.78 is 0. The highest BCUT2D eigenvalue weighted by Gasteiger charge is 2.52. The van der Waals surface area contributed by atoms with Crippen LogP contribution in [0.25, 0.3) is 0 Å². The third-order valence-electron chi connectivity index (χ3n) is 6.61. The molecule has 4 aliphatic carbocycles. The maximum Gasteiger partial charge on any atom is 0.0965 e. The lowest BCUT2D eigenvalue weighted by Crippen LogP contribution is -2.55. The van der Waals surface area contributed by atoms with E-state index < -0.39 is 0 Å². The average Bonchev–Trinajstić information content (AvgIpc) is 2.97. The molecule has 0 radical (unpaired) electrons. The largest absolute Gasteiger partial charge is 0.313 e. The van der Waals surface area contributed by atoms with Crippen LogP contribution >= 0.6 is 11.3 Å². The van der Waals surface area contributed by atoms with Gasteiger partial charge in [0.2, 0.25) is 0 Å². The second-order valence-electron chi connectivity index (χ2n) is 8.18. The number of nitrogens with one attached hydrogen (secondary N) is 1. The summed E-state index contributed by atoms with van der Waals surface area (Å²) in [5, 5.41) is 7.26. The Bertz CT molecular complexity index is 446. The van der Waals surface area contributed by atoms with Crippen LogP contribution in [0.3, 0.4) is 0 Å². The summed E-state index contributed by atoms with van der Waals surface area (Å²) in [6, 6.07) is 0.674. The minimum absolute atomic E-state index is 0.543. The summed E-state index contributed by atoms with van der Waals surface area (Å²) in [4.78, 5) is 4.46. The highest BCUT2D eigenvalue weighted by atomic mass is 32.1. The Kier molecular flexibility index (Phi) is 3.61. The van der Waals surface area contributed by atoms with Gasteiger partial charge >= 0.3 is 0 Å². The SMILES string of the molecule is CC(CNC(C)C12CC3CC(CC(C3)C1)C2)c1nccs1. The molecule has 0 aromatic carbocycles. The van der Waals surface area contributed by atoms with E-state index in [1.54, 1.807) is 30.6 Å². The summed E-state index contributed by atoms with van der Waals surface area (Å²) in [6.45, 7) is 5.84. The van der Waals surface area contributed by atoms with Crippen molar-refractivity contribution >= 4 is 11.3 Å². The van der Waals surface area contributed by atoms with Gasteiger partial charge in [0.25, 0.3) is 0 Å². The van der Waals surface area contributed by atoms with Crippen LogP contribution in [-0.2, 0) is 0 Å². The van der Waals surface area contributed by atoms with Crippen molar-refractivity contribution in [3.8, 4) is 0 Å². The zero-order chi connectivity index (χ0) is 14.4. The number of rotatable bonds is 5. The highest BCUT2D eigenvalue weighted by molar-refractivity contribution is 7.09. The van der Waals surface area contributed by atoms with Crippen LogP contribution < -0.4 is 5.32 Å². The lowest BCUT2D eigenvalue weighted by Gasteiger charge is -2.59. The lowest BCUT2D eigenvalue weighted by molar-refractivity contribution is -0.0704. The highest BCUT2D eigenvalue weighted by Crippen LogP contribution is 2.61. The quantitative estimate of drug-likeness (QED) is 0.870. The molecule has 1 aromatic rings. The molecular formula is C18H28N2S. The summed E-state index contributed by atoms with van der Waals surface area (Å²) in [5.41, 5.74) is 0.622. The molecule has 21 heavy (non-hydrogen) atoms. The van der Waals surface area contributed by atoms with Crippen LogP contribution in [0.1, 0.15) is 63.3 Å². The average molecular weight is 305 g/mol. The molecule has 1 heterocycles. The minimum atomic E-state index is 0.543. The molecule has 2 unspecified atom stereocenters. The van der Waals surface area contributed by atoms with Gasteiger partial charge in [0.1, 0.15) is 0 Å². The molecule has 1 N–H and O–H groups in total. The molecular weight excluding hydrogens is 276 g/mol. The Labute approximate surface area is 132 Å². The van der Waals surface area contributed by atoms with Crippen molar-refractivity contribution in [3.05, 3.63) is 16.6 Å². The van der Waals surface area contributed by atoms with Gasteiger partial charge in [-0.1, -0.05) is 6.92 Å². The first-order chi connectivity index (χ1) is 10.1. The first kappa shape index (κ1) is 14.2. The second kappa shape index (κ2) is 5.34. The molecule has 2 atom stereocenters. The summed E-state index contributed by atoms with van der Waals surface area (Å²) in [5.74, 6) is 3.70. The van der Waals surface area contributed by atoms with Crippen LogP contribution in [0, 0.1) is 23.2 Å². The lowest BCUT2D eigenvalue weighted by atomic mass is 9.48. The molecule has 5 rings (SSSR count). The Morgan fingerprint density at radius 2 is 1.81 bits per heavy atom. The van der Waals surface area contributed by atoms with E-state index in [2.05, 4.69) is 29.5 Å². The van der Waals surface area contributed by atoms with Crippen molar-refractivity contribution in [2.24, 2.45) is 23.2 Å². The van der Waals surface area contributed by atoms with Crippen LogP contribution in [-0.4, -0.2) is 17.6 Å². The molecule has 4 fully saturated rings. The molecule has 0 saturated heterocycles. The van der Waals surface area contributed by atoms with Gasteiger partial charge in [-0.3, -0.25) is 0 Å². The predicted octanol–water partition coefficient (Wildman–Crippen LogP) is 4.44. The van der Waals surface area contributed by atoms with Gasteiger partial charge in [-0.05, 0) is 68.6 Å². The van der Waals surface area contributed by atoms with Gasteiger partial charge < -0.3 is 5.32 Å². The van der Waals surface area contributed by atoms with Crippen molar-refractivity contribution in [1.29, 1.82) is 0 Å². The smallest absolute Gasteiger partial charge is 0.0965 e. The number of hydrogen-bond donors (Lipinski definition) is 1. The van der Waals surface area contributed by atoms with Gasteiger partial charge in [0.05, 0.1) is 5.01 Å². The number of thiazole rings is 1. The fourth-order valence-corrected chi connectivity index (χ4v) is 6.54. The summed E-state index contributed by atoms with van der Waals surface area (Å²) in [7, 11) is 0. The molecule has 116 valence electrons. The number of nitrogens with zero attached hydrogens (tertiary/aromatic N) is 1. The molecule has 3 heteroatoms. The standard InChI is InChI=1S/C18H28N2S/c1-12(17-19-3-4-21-17)11-20-13(2)18-8-14-5-15(9-18)7-16(6-14)10-18/h3-4,12-16,20H,5-11H2,1-2H3. The molecule has 0 spiro atoms. The van der Waals surface area contributed by atoms with Gasteiger partial charge in [0.15, 0.2) is 0 Å². The van der Waals surface area contributed by atoms with Gasteiger partial charge in [-0.15, -0.1) is 11.3 Å². The zero-order valence-electron chi connectivity index (χ0n) is 13.3. The van der Waals surface area contributed by atoms with Crippen LogP contribution in [0.5, 0.6) is 0 Å². The van der Waals surface area contributed by atoms with Crippen LogP contribution in [0.15, 0.2) is 11.6 Å². The molecule has 4 aliphatic rings. The molecule has 4 saturated carbocycles. The molecule has 0 amide bonds. The van der Waals surface area contributed by atoms with E-state index >= 15 is 0 Å².